The van der Waals surface area contributed by atoms with Gasteiger partial charge in [0.25, 0.3) is 5.91 Å². The maximum absolute atomic E-state index is 12.9. The van der Waals surface area contributed by atoms with Gasteiger partial charge in [-0.2, -0.15) is 0 Å². The molecule has 0 radical (unpaired) electrons. The Balaban J connectivity index is 2.20. The number of sulfone groups is 1. The molecule has 0 saturated carbocycles. The second kappa shape index (κ2) is 6.50. The maximum Gasteiger partial charge on any atom is 0.254 e. The van der Waals surface area contributed by atoms with Crippen LogP contribution in [0.15, 0.2) is 53.4 Å². The van der Waals surface area contributed by atoms with Crippen LogP contribution in [-0.2, 0) is 9.84 Å². The molecule has 6 heteroatoms. The molecule has 0 spiro atoms. The summed E-state index contributed by atoms with van der Waals surface area (Å²) in [4.78, 5) is 14.2. The number of carbonyl (C=O) groups excluding carboxylic acids is 1. The minimum absolute atomic E-state index is 0.232. The smallest absolute Gasteiger partial charge is 0.254 e. The van der Waals surface area contributed by atoms with E-state index in [0.29, 0.717) is 5.56 Å². The topological polar surface area (TPSA) is 54.5 Å². The molecular formula is C17H18FNO3S. The third-order valence-electron chi connectivity index (χ3n) is 3.78. The molecule has 122 valence electrons. The maximum atomic E-state index is 12.9. The predicted molar refractivity (Wildman–Crippen MR) is 86.5 cm³/mol. The van der Waals surface area contributed by atoms with E-state index in [1.54, 1.807) is 19.2 Å². The van der Waals surface area contributed by atoms with Crippen LogP contribution < -0.4 is 0 Å². The molecule has 23 heavy (non-hydrogen) atoms. The third kappa shape index (κ3) is 3.96. The van der Waals surface area contributed by atoms with Gasteiger partial charge in [-0.15, -0.1) is 0 Å². The fourth-order valence-corrected chi connectivity index (χ4v) is 2.82. The van der Waals surface area contributed by atoms with E-state index >= 15 is 0 Å². The number of nitrogens with zero attached hydrogens (tertiary/aromatic N) is 1. The lowest BCUT2D eigenvalue weighted by molar-refractivity contribution is 0.0742. The molecule has 1 unspecified atom stereocenters. The average Bonchev–Trinajstić information content (AvgIpc) is 2.53. The molecule has 0 aliphatic carbocycles. The number of hydrogen-bond acceptors (Lipinski definition) is 3. The number of halogens is 1. The van der Waals surface area contributed by atoms with E-state index in [2.05, 4.69) is 0 Å². The van der Waals surface area contributed by atoms with Crippen molar-refractivity contribution in [3.05, 3.63) is 65.5 Å². The van der Waals surface area contributed by atoms with Gasteiger partial charge in [0.1, 0.15) is 5.82 Å². The van der Waals surface area contributed by atoms with Crippen molar-refractivity contribution >= 4 is 15.7 Å². The number of amides is 1. The predicted octanol–water partition coefficient (Wildman–Crippen LogP) is 3.06. The highest BCUT2D eigenvalue weighted by Crippen LogP contribution is 2.22. The number of benzene rings is 2. The van der Waals surface area contributed by atoms with Gasteiger partial charge in [0, 0.05) is 18.9 Å². The lowest BCUT2D eigenvalue weighted by atomic mass is 10.1. The van der Waals surface area contributed by atoms with E-state index in [-0.39, 0.29) is 16.8 Å². The molecule has 0 bridgehead atoms. The highest BCUT2D eigenvalue weighted by molar-refractivity contribution is 7.90. The molecule has 1 amide bonds. The zero-order valence-electron chi connectivity index (χ0n) is 13.2. The van der Waals surface area contributed by atoms with Crippen molar-refractivity contribution in [2.24, 2.45) is 0 Å². The standard InChI is InChI=1S/C17H18FNO3S/c1-12(13-6-10-16(11-7-13)23(3,21)22)19(2)17(20)14-4-8-15(18)9-5-14/h4-12H,1-3H3. The summed E-state index contributed by atoms with van der Waals surface area (Å²) < 4.78 is 35.9. The van der Waals surface area contributed by atoms with Gasteiger partial charge < -0.3 is 4.90 Å². The van der Waals surface area contributed by atoms with Crippen molar-refractivity contribution in [3.63, 3.8) is 0 Å². The van der Waals surface area contributed by atoms with E-state index in [1.807, 2.05) is 6.92 Å². The molecule has 0 heterocycles. The average molecular weight is 335 g/mol. The van der Waals surface area contributed by atoms with Gasteiger partial charge in [0.05, 0.1) is 10.9 Å². The summed E-state index contributed by atoms with van der Waals surface area (Å²) in [6.45, 7) is 1.84. The molecule has 0 N–H and O–H groups in total. The number of hydrogen-bond donors (Lipinski definition) is 0. The number of rotatable bonds is 4. The van der Waals surface area contributed by atoms with E-state index in [9.17, 15) is 17.6 Å². The van der Waals surface area contributed by atoms with Crippen LogP contribution in [0.3, 0.4) is 0 Å². The van der Waals surface area contributed by atoms with Crippen molar-refractivity contribution in [3.8, 4) is 0 Å². The molecule has 0 fully saturated rings. The van der Waals surface area contributed by atoms with Gasteiger partial charge in [0.2, 0.25) is 0 Å². The SMILES string of the molecule is CC(c1ccc(S(C)(=O)=O)cc1)N(C)C(=O)c1ccc(F)cc1. The first-order valence-corrected chi connectivity index (χ1v) is 8.92. The molecule has 4 nitrogen and oxygen atoms in total. The van der Waals surface area contributed by atoms with Crippen LogP contribution >= 0.6 is 0 Å². The van der Waals surface area contributed by atoms with Crippen molar-refractivity contribution in [1.29, 1.82) is 0 Å². The van der Waals surface area contributed by atoms with Gasteiger partial charge in [-0.1, -0.05) is 12.1 Å². The zero-order chi connectivity index (χ0) is 17.2. The fourth-order valence-electron chi connectivity index (χ4n) is 2.19. The van der Waals surface area contributed by atoms with E-state index in [1.165, 1.54) is 41.3 Å². The fraction of sp³-hybridized carbons (Fsp3) is 0.235. The molecule has 0 aromatic heterocycles. The summed E-state index contributed by atoms with van der Waals surface area (Å²) in [6, 6.07) is 11.5. The summed E-state index contributed by atoms with van der Waals surface area (Å²) in [5.74, 6) is -0.627. The Bertz CT molecular complexity index is 799. The Labute approximate surface area is 135 Å². The van der Waals surface area contributed by atoms with E-state index in [0.717, 1.165) is 11.8 Å². The van der Waals surface area contributed by atoms with Crippen molar-refractivity contribution in [1.82, 2.24) is 4.90 Å². The van der Waals surface area contributed by atoms with Crippen LogP contribution in [0.4, 0.5) is 4.39 Å². The molecule has 0 aliphatic heterocycles. The van der Waals surface area contributed by atoms with Crippen LogP contribution in [0.2, 0.25) is 0 Å². The summed E-state index contributed by atoms with van der Waals surface area (Å²) in [5.41, 5.74) is 1.21. The first-order valence-electron chi connectivity index (χ1n) is 7.03. The lowest BCUT2D eigenvalue weighted by Crippen LogP contribution is -2.29. The number of carbonyl (C=O) groups is 1. The van der Waals surface area contributed by atoms with Gasteiger partial charge in [-0.3, -0.25) is 4.79 Å². The summed E-state index contributed by atoms with van der Waals surface area (Å²) in [5, 5.41) is 0. The first-order chi connectivity index (χ1) is 10.7. The lowest BCUT2D eigenvalue weighted by Gasteiger charge is -2.25. The zero-order valence-corrected chi connectivity index (χ0v) is 14.0. The van der Waals surface area contributed by atoms with Crippen molar-refractivity contribution in [2.45, 2.75) is 17.9 Å². The minimum Gasteiger partial charge on any atom is -0.335 e. The minimum atomic E-state index is -3.24. The Morgan fingerprint density at radius 1 is 1.04 bits per heavy atom. The van der Waals surface area contributed by atoms with Crippen molar-refractivity contribution < 1.29 is 17.6 Å². The Kier molecular flexibility index (Phi) is 4.85. The molecule has 2 aromatic rings. The van der Waals surface area contributed by atoms with Crippen LogP contribution in [0.1, 0.15) is 28.9 Å². The van der Waals surface area contributed by atoms with Crippen molar-refractivity contribution in [2.75, 3.05) is 13.3 Å². The normalized spacial score (nSPS) is 12.7. The van der Waals surface area contributed by atoms with Gasteiger partial charge >= 0.3 is 0 Å². The largest absolute Gasteiger partial charge is 0.335 e. The van der Waals surface area contributed by atoms with Gasteiger partial charge in [-0.05, 0) is 48.9 Å². The Morgan fingerprint density at radius 3 is 2.04 bits per heavy atom. The molecular weight excluding hydrogens is 317 g/mol. The van der Waals surface area contributed by atoms with Crippen LogP contribution in [-0.4, -0.2) is 32.5 Å². The van der Waals surface area contributed by atoms with Crippen LogP contribution in [0, 0.1) is 5.82 Å². The summed E-state index contributed by atoms with van der Waals surface area (Å²) >= 11 is 0. The molecule has 1 atom stereocenters. The quantitative estimate of drug-likeness (QED) is 0.863. The van der Waals surface area contributed by atoms with Crippen LogP contribution in [0.5, 0.6) is 0 Å². The van der Waals surface area contributed by atoms with E-state index in [4.69, 9.17) is 0 Å². The monoisotopic (exact) mass is 335 g/mol. The third-order valence-corrected chi connectivity index (χ3v) is 4.91. The molecule has 2 rings (SSSR count). The summed E-state index contributed by atoms with van der Waals surface area (Å²) in [6.07, 6.45) is 1.15. The molecule has 0 saturated heterocycles. The van der Waals surface area contributed by atoms with E-state index < -0.39 is 15.7 Å². The second-order valence-electron chi connectivity index (χ2n) is 5.44. The first kappa shape index (κ1) is 17.1. The van der Waals surface area contributed by atoms with Gasteiger partial charge in [-0.25, -0.2) is 12.8 Å². The molecule has 2 aromatic carbocycles. The Hall–Kier alpha value is -2.21. The Morgan fingerprint density at radius 2 is 1.57 bits per heavy atom. The molecule has 0 aliphatic rings. The van der Waals surface area contributed by atoms with Gasteiger partial charge in [0.15, 0.2) is 9.84 Å². The van der Waals surface area contributed by atoms with Crippen LogP contribution in [0.25, 0.3) is 0 Å². The highest BCUT2D eigenvalue weighted by Gasteiger charge is 2.19. The summed E-state index contributed by atoms with van der Waals surface area (Å²) in [7, 11) is -1.59. The highest BCUT2D eigenvalue weighted by atomic mass is 32.2. The second-order valence-corrected chi connectivity index (χ2v) is 7.46.